The largest absolute Gasteiger partial charge is 0.351 e. The molecule has 0 bridgehead atoms. The molecule has 0 aliphatic heterocycles. The van der Waals surface area contributed by atoms with Gasteiger partial charge < -0.3 is 5.32 Å². The van der Waals surface area contributed by atoms with E-state index in [1.807, 2.05) is 66.9 Å². The number of para-hydroxylation sites is 2. The number of hydrogen-bond donors (Lipinski definition) is 2. The Kier molecular flexibility index (Phi) is 4.14. The Bertz CT molecular complexity index is 1320. The van der Waals surface area contributed by atoms with Crippen molar-refractivity contribution in [2.75, 3.05) is 5.32 Å². The molecule has 0 fully saturated rings. The molecule has 8 heteroatoms. The van der Waals surface area contributed by atoms with E-state index in [1.165, 1.54) is 6.20 Å². The van der Waals surface area contributed by atoms with Gasteiger partial charge in [-0.05, 0) is 24.3 Å². The van der Waals surface area contributed by atoms with Crippen LogP contribution in [0.3, 0.4) is 0 Å². The SMILES string of the molecule is O=c1[nH]c(NCc2cnn(-c3ccccc3)c2)nc2c1cnn2-c1ccccc1. The lowest BCUT2D eigenvalue weighted by Gasteiger charge is -2.06. The standard InChI is InChI=1S/C21H17N7O/c29-20-18-13-24-28(17-9-5-2-6-10-17)19(18)25-21(26-20)22-11-15-12-23-27(14-15)16-7-3-1-4-8-16/h1-10,12-14H,11H2,(H2,22,25,26,29). The van der Waals surface area contributed by atoms with E-state index in [-0.39, 0.29) is 5.56 Å². The van der Waals surface area contributed by atoms with Gasteiger partial charge in [0.15, 0.2) is 5.65 Å². The van der Waals surface area contributed by atoms with E-state index in [9.17, 15) is 4.79 Å². The topological polar surface area (TPSA) is 93.4 Å². The maximum atomic E-state index is 12.4. The van der Waals surface area contributed by atoms with E-state index in [1.54, 1.807) is 15.6 Å². The summed E-state index contributed by atoms with van der Waals surface area (Å²) >= 11 is 0. The molecule has 0 spiro atoms. The minimum absolute atomic E-state index is 0.236. The van der Waals surface area contributed by atoms with Gasteiger partial charge in [-0.2, -0.15) is 15.2 Å². The lowest BCUT2D eigenvalue weighted by atomic mass is 10.3. The second-order valence-corrected chi connectivity index (χ2v) is 6.53. The molecule has 0 saturated carbocycles. The minimum atomic E-state index is -0.236. The molecule has 0 atom stereocenters. The van der Waals surface area contributed by atoms with Gasteiger partial charge in [-0.15, -0.1) is 0 Å². The van der Waals surface area contributed by atoms with Crippen molar-refractivity contribution in [3.8, 4) is 11.4 Å². The van der Waals surface area contributed by atoms with E-state index in [2.05, 4.69) is 25.5 Å². The number of hydrogen-bond acceptors (Lipinski definition) is 5. The van der Waals surface area contributed by atoms with Crippen LogP contribution in [0.5, 0.6) is 0 Å². The average Bonchev–Trinajstić information content (AvgIpc) is 3.41. The third-order valence-electron chi connectivity index (χ3n) is 4.56. The maximum Gasteiger partial charge on any atom is 0.263 e. The van der Waals surface area contributed by atoms with Crippen LogP contribution in [-0.4, -0.2) is 29.5 Å². The monoisotopic (exact) mass is 383 g/mol. The lowest BCUT2D eigenvalue weighted by molar-refractivity contribution is 0.879. The summed E-state index contributed by atoms with van der Waals surface area (Å²) in [6, 6.07) is 19.5. The molecule has 2 N–H and O–H groups in total. The Morgan fingerprint density at radius 2 is 1.62 bits per heavy atom. The van der Waals surface area contributed by atoms with Gasteiger partial charge in [-0.25, -0.2) is 9.36 Å². The molecule has 8 nitrogen and oxygen atoms in total. The van der Waals surface area contributed by atoms with Crippen molar-refractivity contribution < 1.29 is 0 Å². The highest BCUT2D eigenvalue weighted by Gasteiger charge is 2.11. The molecular formula is C21H17N7O. The van der Waals surface area contributed by atoms with E-state index in [0.29, 0.717) is 23.5 Å². The van der Waals surface area contributed by atoms with Crippen molar-refractivity contribution in [1.82, 2.24) is 29.5 Å². The molecule has 3 heterocycles. The Morgan fingerprint density at radius 1 is 0.897 bits per heavy atom. The first-order valence-electron chi connectivity index (χ1n) is 9.14. The third-order valence-corrected chi connectivity index (χ3v) is 4.56. The van der Waals surface area contributed by atoms with Gasteiger partial charge in [0.25, 0.3) is 5.56 Å². The first-order valence-corrected chi connectivity index (χ1v) is 9.14. The first-order chi connectivity index (χ1) is 14.3. The summed E-state index contributed by atoms with van der Waals surface area (Å²) in [5, 5.41) is 12.3. The molecule has 142 valence electrons. The molecule has 0 aliphatic rings. The second-order valence-electron chi connectivity index (χ2n) is 6.53. The fourth-order valence-electron chi connectivity index (χ4n) is 3.12. The maximum absolute atomic E-state index is 12.4. The van der Waals surface area contributed by atoms with Crippen molar-refractivity contribution in [1.29, 1.82) is 0 Å². The quantitative estimate of drug-likeness (QED) is 0.487. The third kappa shape index (κ3) is 3.27. The number of benzene rings is 2. The van der Waals surface area contributed by atoms with Crippen LogP contribution in [0.4, 0.5) is 5.95 Å². The number of fused-ring (bicyclic) bond motifs is 1. The number of nitrogens with one attached hydrogen (secondary N) is 2. The summed E-state index contributed by atoms with van der Waals surface area (Å²) < 4.78 is 3.46. The van der Waals surface area contributed by atoms with Gasteiger partial charge in [-0.3, -0.25) is 9.78 Å². The number of anilines is 1. The van der Waals surface area contributed by atoms with Crippen LogP contribution in [0.15, 0.2) is 84.0 Å². The Morgan fingerprint density at radius 3 is 2.38 bits per heavy atom. The fourth-order valence-corrected chi connectivity index (χ4v) is 3.12. The molecule has 0 saturated heterocycles. The smallest absolute Gasteiger partial charge is 0.263 e. The average molecular weight is 383 g/mol. The van der Waals surface area contributed by atoms with Gasteiger partial charge >= 0.3 is 0 Å². The van der Waals surface area contributed by atoms with Crippen LogP contribution < -0.4 is 10.9 Å². The predicted octanol–water partition coefficient (Wildman–Crippen LogP) is 2.91. The zero-order chi connectivity index (χ0) is 19.6. The molecular weight excluding hydrogens is 366 g/mol. The molecule has 0 amide bonds. The van der Waals surface area contributed by atoms with E-state index >= 15 is 0 Å². The summed E-state index contributed by atoms with van der Waals surface area (Å²) in [6.07, 6.45) is 5.25. The zero-order valence-electron chi connectivity index (χ0n) is 15.4. The van der Waals surface area contributed by atoms with E-state index in [0.717, 1.165) is 16.9 Å². The van der Waals surface area contributed by atoms with Crippen molar-refractivity contribution in [2.24, 2.45) is 0 Å². The van der Waals surface area contributed by atoms with Crippen molar-refractivity contribution >= 4 is 17.0 Å². The summed E-state index contributed by atoms with van der Waals surface area (Å²) in [5.41, 5.74) is 3.06. The number of nitrogens with zero attached hydrogens (tertiary/aromatic N) is 5. The van der Waals surface area contributed by atoms with Gasteiger partial charge in [0.05, 0.1) is 23.8 Å². The normalized spacial score (nSPS) is 11.0. The first kappa shape index (κ1) is 16.9. The van der Waals surface area contributed by atoms with Crippen LogP contribution >= 0.6 is 0 Å². The van der Waals surface area contributed by atoms with Gasteiger partial charge in [0, 0.05) is 18.3 Å². The summed E-state index contributed by atoms with van der Waals surface area (Å²) in [4.78, 5) is 19.8. The summed E-state index contributed by atoms with van der Waals surface area (Å²) in [6.45, 7) is 0.473. The molecule has 0 unspecified atom stereocenters. The highest BCUT2D eigenvalue weighted by Crippen LogP contribution is 2.15. The van der Waals surface area contributed by atoms with Crippen LogP contribution in [-0.2, 0) is 6.54 Å². The molecule has 0 aliphatic carbocycles. The van der Waals surface area contributed by atoms with Crippen LogP contribution in [0.1, 0.15) is 5.56 Å². The van der Waals surface area contributed by atoms with Crippen molar-refractivity contribution in [3.05, 3.63) is 95.2 Å². The second kappa shape index (κ2) is 7.08. The molecule has 5 aromatic rings. The number of aromatic nitrogens is 6. The zero-order valence-corrected chi connectivity index (χ0v) is 15.4. The van der Waals surface area contributed by atoms with Gasteiger partial charge in [0.2, 0.25) is 5.95 Å². The van der Waals surface area contributed by atoms with Crippen molar-refractivity contribution in [3.63, 3.8) is 0 Å². The highest BCUT2D eigenvalue weighted by atomic mass is 16.1. The Hall–Kier alpha value is -4.20. The molecule has 0 radical (unpaired) electrons. The molecule has 5 rings (SSSR count). The number of aromatic amines is 1. The van der Waals surface area contributed by atoms with Crippen LogP contribution in [0, 0.1) is 0 Å². The summed E-state index contributed by atoms with van der Waals surface area (Å²) in [5.74, 6) is 0.382. The molecule has 3 aromatic heterocycles. The summed E-state index contributed by atoms with van der Waals surface area (Å²) in [7, 11) is 0. The predicted molar refractivity (Wildman–Crippen MR) is 110 cm³/mol. The molecule has 2 aromatic carbocycles. The van der Waals surface area contributed by atoms with E-state index < -0.39 is 0 Å². The van der Waals surface area contributed by atoms with Crippen LogP contribution in [0.2, 0.25) is 0 Å². The Balaban J connectivity index is 1.41. The fraction of sp³-hybridized carbons (Fsp3) is 0.0476. The van der Waals surface area contributed by atoms with Crippen molar-refractivity contribution in [2.45, 2.75) is 6.54 Å². The van der Waals surface area contributed by atoms with E-state index in [4.69, 9.17) is 0 Å². The minimum Gasteiger partial charge on any atom is -0.351 e. The Labute approximate surface area is 165 Å². The molecule has 29 heavy (non-hydrogen) atoms. The van der Waals surface area contributed by atoms with Gasteiger partial charge in [0.1, 0.15) is 5.39 Å². The number of rotatable bonds is 5. The van der Waals surface area contributed by atoms with Crippen LogP contribution in [0.25, 0.3) is 22.4 Å². The van der Waals surface area contributed by atoms with Gasteiger partial charge in [-0.1, -0.05) is 36.4 Å². The lowest BCUT2D eigenvalue weighted by Crippen LogP contribution is -2.13. The highest BCUT2D eigenvalue weighted by molar-refractivity contribution is 5.76. The number of H-pyrrole nitrogens is 1.